The lowest BCUT2D eigenvalue weighted by Gasteiger charge is -2.38. The summed E-state index contributed by atoms with van der Waals surface area (Å²) in [5.74, 6) is 1.13. The predicted octanol–water partition coefficient (Wildman–Crippen LogP) is 2.52. The number of hydrogen-bond donors (Lipinski definition) is 1. The highest BCUT2D eigenvalue weighted by Gasteiger charge is 2.43. The molecule has 0 aromatic carbocycles. The number of ether oxygens (including phenoxy) is 2. The van der Waals surface area contributed by atoms with Gasteiger partial charge in [-0.1, -0.05) is 0 Å². The number of rotatable bonds is 2. The van der Waals surface area contributed by atoms with Gasteiger partial charge in [-0.25, -0.2) is 0 Å². The quantitative estimate of drug-likeness (QED) is 0.898. The van der Waals surface area contributed by atoms with E-state index in [1.807, 2.05) is 6.07 Å². The van der Waals surface area contributed by atoms with E-state index in [1.165, 1.54) is 0 Å². The molecule has 2 fully saturated rings. The van der Waals surface area contributed by atoms with E-state index in [1.54, 1.807) is 6.07 Å². The Balaban J connectivity index is 1.72. The Morgan fingerprint density at radius 1 is 1.39 bits per heavy atom. The van der Waals surface area contributed by atoms with Gasteiger partial charge >= 0.3 is 0 Å². The van der Waals surface area contributed by atoms with Crippen LogP contribution in [0.25, 0.3) is 0 Å². The third kappa shape index (κ3) is 2.30. The summed E-state index contributed by atoms with van der Waals surface area (Å²) in [7, 11) is 0. The Morgan fingerprint density at radius 3 is 2.94 bits per heavy atom. The summed E-state index contributed by atoms with van der Waals surface area (Å²) < 4.78 is 16.8. The first kappa shape index (κ1) is 12.5. The standard InChI is InChI=1S/C13H18ClNO3/c14-11-2-1-10(18-11)12(15)9-3-5-17-13(7-9)4-6-16-8-13/h1-2,9,12H,3-8,15H2. The molecular weight excluding hydrogens is 254 g/mol. The number of halogens is 1. The van der Waals surface area contributed by atoms with E-state index >= 15 is 0 Å². The van der Waals surface area contributed by atoms with E-state index in [2.05, 4.69) is 0 Å². The van der Waals surface area contributed by atoms with Crippen molar-refractivity contribution in [2.45, 2.75) is 30.9 Å². The van der Waals surface area contributed by atoms with Crippen molar-refractivity contribution in [2.75, 3.05) is 19.8 Å². The van der Waals surface area contributed by atoms with Crippen LogP contribution in [-0.2, 0) is 9.47 Å². The van der Waals surface area contributed by atoms with Crippen LogP contribution in [0.3, 0.4) is 0 Å². The fraction of sp³-hybridized carbons (Fsp3) is 0.692. The molecule has 5 heteroatoms. The summed E-state index contributed by atoms with van der Waals surface area (Å²) in [5.41, 5.74) is 6.17. The zero-order valence-corrected chi connectivity index (χ0v) is 11.0. The first-order chi connectivity index (χ1) is 8.69. The summed E-state index contributed by atoms with van der Waals surface area (Å²) in [6, 6.07) is 3.49. The third-order valence-electron chi connectivity index (χ3n) is 4.03. The van der Waals surface area contributed by atoms with Gasteiger partial charge in [0.25, 0.3) is 0 Å². The Kier molecular flexibility index (Phi) is 3.36. The highest BCUT2D eigenvalue weighted by molar-refractivity contribution is 6.28. The van der Waals surface area contributed by atoms with Gasteiger partial charge in [0.05, 0.1) is 18.2 Å². The molecule has 2 aliphatic heterocycles. The van der Waals surface area contributed by atoms with Crippen LogP contribution in [0.4, 0.5) is 0 Å². The average molecular weight is 272 g/mol. The van der Waals surface area contributed by atoms with Crippen LogP contribution in [0.2, 0.25) is 5.22 Å². The highest BCUT2D eigenvalue weighted by Crippen LogP contribution is 2.40. The van der Waals surface area contributed by atoms with Gasteiger partial charge < -0.3 is 19.6 Å². The minimum atomic E-state index is -0.114. The van der Waals surface area contributed by atoms with Crippen molar-refractivity contribution in [1.29, 1.82) is 0 Å². The molecule has 0 aliphatic carbocycles. The lowest BCUT2D eigenvalue weighted by atomic mass is 9.81. The second-order valence-corrected chi connectivity index (χ2v) is 5.63. The molecule has 2 aliphatic rings. The van der Waals surface area contributed by atoms with Gasteiger partial charge in [0.2, 0.25) is 0 Å². The Bertz CT molecular complexity index is 414. The van der Waals surface area contributed by atoms with E-state index in [0.717, 1.165) is 38.2 Å². The van der Waals surface area contributed by atoms with Gasteiger partial charge in [-0.2, -0.15) is 0 Å². The number of furan rings is 1. The third-order valence-corrected chi connectivity index (χ3v) is 4.23. The molecular formula is C13H18ClNO3. The summed E-state index contributed by atoms with van der Waals surface area (Å²) >= 11 is 5.80. The molecule has 18 heavy (non-hydrogen) atoms. The molecule has 0 saturated carbocycles. The van der Waals surface area contributed by atoms with Gasteiger partial charge in [0.1, 0.15) is 5.76 Å². The van der Waals surface area contributed by atoms with E-state index < -0.39 is 0 Å². The lowest BCUT2D eigenvalue weighted by Crippen LogP contribution is -2.43. The van der Waals surface area contributed by atoms with Crippen molar-refractivity contribution in [3.8, 4) is 0 Å². The summed E-state index contributed by atoms with van der Waals surface area (Å²) in [6.45, 7) is 2.22. The van der Waals surface area contributed by atoms with E-state index in [4.69, 9.17) is 31.2 Å². The molecule has 1 aromatic heterocycles. The minimum Gasteiger partial charge on any atom is -0.448 e. The summed E-state index contributed by atoms with van der Waals surface area (Å²) in [6.07, 6.45) is 2.86. The minimum absolute atomic E-state index is 0.112. The Morgan fingerprint density at radius 2 is 2.28 bits per heavy atom. The van der Waals surface area contributed by atoms with Crippen molar-refractivity contribution in [2.24, 2.45) is 11.7 Å². The smallest absolute Gasteiger partial charge is 0.193 e. The monoisotopic (exact) mass is 271 g/mol. The van der Waals surface area contributed by atoms with Crippen molar-refractivity contribution < 1.29 is 13.9 Å². The van der Waals surface area contributed by atoms with Crippen LogP contribution < -0.4 is 5.73 Å². The fourth-order valence-electron chi connectivity index (χ4n) is 2.98. The Hall–Kier alpha value is -0.550. The van der Waals surface area contributed by atoms with Crippen LogP contribution in [0.1, 0.15) is 31.1 Å². The zero-order valence-electron chi connectivity index (χ0n) is 10.2. The molecule has 3 rings (SSSR count). The normalized spacial score (nSPS) is 34.0. The zero-order chi connectivity index (χ0) is 12.6. The molecule has 3 heterocycles. The van der Waals surface area contributed by atoms with E-state index in [-0.39, 0.29) is 11.6 Å². The molecule has 3 unspecified atom stereocenters. The lowest BCUT2D eigenvalue weighted by molar-refractivity contribution is -0.102. The molecule has 1 spiro atoms. The molecule has 0 bridgehead atoms. The first-order valence-corrected chi connectivity index (χ1v) is 6.79. The largest absolute Gasteiger partial charge is 0.448 e. The van der Waals surface area contributed by atoms with Gasteiger partial charge in [-0.3, -0.25) is 0 Å². The molecule has 1 aromatic rings. The van der Waals surface area contributed by atoms with Gasteiger partial charge in [0, 0.05) is 19.6 Å². The molecule has 2 N–H and O–H groups in total. The maximum absolute atomic E-state index is 6.29. The Labute approximate surface area is 111 Å². The average Bonchev–Trinajstić information content (AvgIpc) is 2.98. The van der Waals surface area contributed by atoms with Gasteiger partial charge in [-0.05, 0) is 42.5 Å². The van der Waals surface area contributed by atoms with Gasteiger partial charge in [-0.15, -0.1) is 0 Å². The molecule has 100 valence electrons. The fourth-order valence-corrected chi connectivity index (χ4v) is 3.13. The first-order valence-electron chi connectivity index (χ1n) is 6.41. The summed E-state index contributed by atoms with van der Waals surface area (Å²) in [5, 5.41) is 0.395. The van der Waals surface area contributed by atoms with Gasteiger partial charge in [0.15, 0.2) is 5.22 Å². The SMILES string of the molecule is NC(c1ccc(Cl)o1)C1CCOC2(CCOC2)C1. The van der Waals surface area contributed by atoms with Crippen LogP contribution in [0, 0.1) is 5.92 Å². The van der Waals surface area contributed by atoms with Crippen LogP contribution in [-0.4, -0.2) is 25.4 Å². The van der Waals surface area contributed by atoms with Crippen molar-refractivity contribution >= 4 is 11.6 Å². The maximum Gasteiger partial charge on any atom is 0.193 e. The van der Waals surface area contributed by atoms with Crippen LogP contribution in [0.5, 0.6) is 0 Å². The van der Waals surface area contributed by atoms with Crippen molar-refractivity contribution in [3.05, 3.63) is 23.1 Å². The van der Waals surface area contributed by atoms with Crippen molar-refractivity contribution in [3.63, 3.8) is 0 Å². The molecule has 3 atom stereocenters. The molecule has 4 nitrogen and oxygen atoms in total. The highest BCUT2D eigenvalue weighted by atomic mass is 35.5. The topological polar surface area (TPSA) is 57.6 Å². The molecule has 0 radical (unpaired) electrons. The molecule has 2 saturated heterocycles. The van der Waals surface area contributed by atoms with Crippen molar-refractivity contribution in [1.82, 2.24) is 0 Å². The molecule has 0 amide bonds. The van der Waals surface area contributed by atoms with E-state index in [9.17, 15) is 0 Å². The van der Waals surface area contributed by atoms with Crippen LogP contribution in [0.15, 0.2) is 16.5 Å². The maximum atomic E-state index is 6.29. The second-order valence-electron chi connectivity index (χ2n) is 5.25. The number of nitrogens with two attached hydrogens (primary N) is 1. The van der Waals surface area contributed by atoms with Crippen LogP contribution >= 0.6 is 11.6 Å². The summed E-state index contributed by atoms with van der Waals surface area (Å²) in [4.78, 5) is 0. The van der Waals surface area contributed by atoms with E-state index in [0.29, 0.717) is 17.7 Å². The predicted molar refractivity (Wildman–Crippen MR) is 67.5 cm³/mol. The number of hydrogen-bond acceptors (Lipinski definition) is 4. The second kappa shape index (κ2) is 4.85.